The molecule has 2 aromatic rings. The van der Waals surface area contributed by atoms with Crippen molar-refractivity contribution in [2.45, 2.75) is 71.9 Å². The maximum Gasteiger partial charge on any atom is 0.408 e. The Bertz CT molecular complexity index is 1290. The van der Waals surface area contributed by atoms with Crippen LogP contribution in [0.3, 0.4) is 0 Å². The number of nitrogens with zero attached hydrogens (tertiary/aromatic N) is 1. The van der Waals surface area contributed by atoms with Gasteiger partial charge in [-0.25, -0.2) is 9.78 Å². The number of hydrogen-bond acceptors (Lipinski definition) is 3. The number of carbonyl (C=O) groups is 1. The number of allylic oxidation sites excluding steroid dienone is 6. The van der Waals surface area contributed by atoms with E-state index in [1.807, 2.05) is 71.9 Å². The maximum absolute atomic E-state index is 12.6. The van der Waals surface area contributed by atoms with E-state index in [-0.39, 0.29) is 0 Å². The summed E-state index contributed by atoms with van der Waals surface area (Å²) in [6.45, 7) is 16.1. The summed E-state index contributed by atoms with van der Waals surface area (Å²) in [5.74, 6) is 0. The molecule has 1 amide bonds. The number of alkyl carbamates (subject to hydrolysis) is 1. The van der Waals surface area contributed by atoms with E-state index in [9.17, 15) is 4.79 Å². The lowest BCUT2D eigenvalue weighted by Gasteiger charge is -2.44. The van der Waals surface area contributed by atoms with Crippen molar-refractivity contribution in [3.05, 3.63) is 112 Å². The van der Waals surface area contributed by atoms with Crippen molar-refractivity contribution in [2.24, 2.45) is 0 Å². The smallest absolute Gasteiger partial charge is 0.408 e. The number of hydrogen-bond donors (Lipinski definition) is 1. The van der Waals surface area contributed by atoms with Crippen LogP contribution in [0.2, 0.25) is 5.15 Å². The predicted molar refractivity (Wildman–Crippen MR) is 160 cm³/mol. The van der Waals surface area contributed by atoms with Crippen molar-refractivity contribution < 1.29 is 9.53 Å². The van der Waals surface area contributed by atoms with Crippen molar-refractivity contribution in [1.29, 1.82) is 0 Å². The van der Waals surface area contributed by atoms with Gasteiger partial charge < -0.3 is 10.1 Å². The molecular weight excluding hydrogens is 492 g/mol. The number of carbonyl (C=O) groups excluding carboxylic acids is 1. The van der Waals surface area contributed by atoms with E-state index in [2.05, 4.69) is 53.3 Å². The number of rotatable bonds is 8. The van der Waals surface area contributed by atoms with Crippen molar-refractivity contribution in [3.8, 4) is 0 Å². The molecule has 200 valence electrons. The number of aromatic nitrogens is 1. The number of benzene rings is 1. The van der Waals surface area contributed by atoms with Crippen LogP contribution in [0.25, 0.3) is 11.6 Å². The second kappa shape index (κ2) is 12.4. The van der Waals surface area contributed by atoms with Gasteiger partial charge in [0.1, 0.15) is 10.8 Å². The van der Waals surface area contributed by atoms with Crippen LogP contribution in [0.5, 0.6) is 0 Å². The molecular formula is C33H39ClN2O2. The van der Waals surface area contributed by atoms with E-state index in [1.54, 1.807) is 6.20 Å². The summed E-state index contributed by atoms with van der Waals surface area (Å²) in [5.41, 5.74) is 6.12. The molecule has 0 atom stereocenters. The number of aryl methyl sites for hydroxylation is 1. The van der Waals surface area contributed by atoms with Gasteiger partial charge in [0.25, 0.3) is 0 Å². The highest BCUT2D eigenvalue weighted by Crippen LogP contribution is 2.40. The van der Waals surface area contributed by atoms with Gasteiger partial charge in [-0.1, -0.05) is 72.8 Å². The van der Waals surface area contributed by atoms with Gasteiger partial charge in [0.05, 0.1) is 5.54 Å². The third-order valence-corrected chi connectivity index (χ3v) is 6.90. The van der Waals surface area contributed by atoms with Crippen molar-refractivity contribution in [2.75, 3.05) is 0 Å². The number of nitrogens with one attached hydrogen (secondary N) is 1. The van der Waals surface area contributed by atoms with Crippen molar-refractivity contribution in [1.82, 2.24) is 10.3 Å². The third kappa shape index (κ3) is 7.35. The van der Waals surface area contributed by atoms with Crippen molar-refractivity contribution in [3.63, 3.8) is 0 Å². The fourth-order valence-corrected chi connectivity index (χ4v) is 4.77. The van der Waals surface area contributed by atoms with Crippen LogP contribution >= 0.6 is 11.6 Å². The largest absolute Gasteiger partial charge is 0.444 e. The molecule has 1 N–H and O–H groups in total. The molecule has 1 fully saturated rings. The molecule has 1 aromatic heterocycles. The van der Waals surface area contributed by atoms with Crippen LogP contribution in [0.15, 0.2) is 90.2 Å². The summed E-state index contributed by atoms with van der Waals surface area (Å²) < 4.78 is 5.55. The number of ether oxygens (including phenoxy) is 1. The average molecular weight is 531 g/mol. The molecule has 1 aliphatic rings. The first-order valence-corrected chi connectivity index (χ1v) is 13.5. The Morgan fingerprint density at radius 2 is 1.82 bits per heavy atom. The Morgan fingerprint density at radius 3 is 2.37 bits per heavy atom. The molecule has 0 spiro atoms. The standard InChI is InChI=1S/C33H39ClN2O2/c1-8-27(33(18-13-19-33)36-31(37)38-32(5,6)7)17-16-23(3)28(9-2)29(25-14-11-10-12-15-25)20-26-21-30(34)35-22-24(26)4/h8-12,14-17,20-22H,3,13,18-19H2,1-2,4-7H3,(H,36,37)/b17-16-,27-8+,28-9?,29-20-. The van der Waals surface area contributed by atoms with Crippen LogP contribution in [0.4, 0.5) is 4.79 Å². The van der Waals surface area contributed by atoms with Crippen LogP contribution in [-0.2, 0) is 4.74 Å². The summed E-state index contributed by atoms with van der Waals surface area (Å²) in [6, 6.07) is 12.1. The SMILES string of the molecule is C=C(/C=C\C(=C/C)C1(NC(=O)OC(C)(C)C)CCC1)C(=CC)/C(=C\c1cc(Cl)ncc1C)c1ccccc1. The highest BCUT2D eigenvalue weighted by atomic mass is 35.5. The second-order valence-corrected chi connectivity index (χ2v) is 11.0. The van der Waals surface area contributed by atoms with Gasteiger partial charge in [-0.3, -0.25) is 0 Å². The highest BCUT2D eigenvalue weighted by Gasteiger charge is 2.41. The lowest BCUT2D eigenvalue weighted by Crippen LogP contribution is -2.55. The van der Waals surface area contributed by atoms with Crippen molar-refractivity contribution >= 4 is 29.3 Å². The Hall–Kier alpha value is -3.37. The maximum atomic E-state index is 12.6. The van der Waals surface area contributed by atoms with Gasteiger partial charge >= 0.3 is 6.09 Å². The number of pyridine rings is 1. The van der Waals surface area contributed by atoms with Gasteiger partial charge in [0.2, 0.25) is 0 Å². The zero-order valence-electron chi connectivity index (χ0n) is 23.4. The summed E-state index contributed by atoms with van der Waals surface area (Å²) >= 11 is 6.23. The molecule has 1 heterocycles. The van der Waals surface area contributed by atoms with Gasteiger partial charge in [-0.05, 0) is 112 Å². The summed E-state index contributed by atoms with van der Waals surface area (Å²) in [7, 11) is 0. The molecule has 5 heteroatoms. The third-order valence-electron chi connectivity index (χ3n) is 6.70. The number of amides is 1. The normalized spacial score (nSPS) is 16.2. The Morgan fingerprint density at radius 1 is 1.13 bits per heavy atom. The van der Waals surface area contributed by atoms with Gasteiger partial charge in [0.15, 0.2) is 0 Å². The Kier molecular flexibility index (Phi) is 9.56. The molecule has 3 rings (SSSR count). The van der Waals surface area contributed by atoms with Crippen LogP contribution < -0.4 is 5.32 Å². The lowest BCUT2D eigenvalue weighted by molar-refractivity contribution is 0.0424. The summed E-state index contributed by atoms with van der Waals surface area (Å²) in [6.07, 6.45) is 14.6. The fraction of sp³-hybridized carbons (Fsp3) is 0.333. The van der Waals surface area contributed by atoms with Gasteiger partial charge in [0, 0.05) is 6.20 Å². The topological polar surface area (TPSA) is 51.2 Å². The number of halogens is 1. The molecule has 0 saturated heterocycles. The minimum Gasteiger partial charge on any atom is -0.444 e. The first kappa shape index (κ1) is 29.2. The zero-order valence-corrected chi connectivity index (χ0v) is 24.2. The minimum absolute atomic E-state index is 0.390. The van der Waals surface area contributed by atoms with E-state index in [0.717, 1.165) is 58.2 Å². The molecule has 1 aromatic carbocycles. The molecule has 0 bridgehead atoms. The predicted octanol–water partition coefficient (Wildman–Crippen LogP) is 9.04. The molecule has 0 unspecified atom stereocenters. The first-order chi connectivity index (χ1) is 18.0. The van der Waals surface area contributed by atoms with E-state index < -0.39 is 17.2 Å². The zero-order chi connectivity index (χ0) is 27.9. The molecule has 0 aliphatic heterocycles. The van der Waals surface area contributed by atoms with Gasteiger partial charge in [-0.2, -0.15) is 0 Å². The lowest BCUT2D eigenvalue weighted by atomic mass is 9.71. The molecule has 4 nitrogen and oxygen atoms in total. The van der Waals surface area contributed by atoms with Gasteiger partial charge in [-0.15, -0.1) is 0 Å². The first-order valence-electron chi connectivity index (χ1n) is 13.1. The fourth-order valence-electron chi connectivity index (χ4n) is 4.60. The summed E-state index contributed by atoms with van der Waals surface area (Å²) in [4.78, 5) is 16.8. The monoisotopic (exact) mass is 530 g/mol. The van der Waals surface area contributed by atoms with Crippen LogP contribution in [0.1, 0.15) is 70.6 Å². The average Bonchev–Trinajstić information content (AvgIpc) is 2.83. The van der Waals surface area contributed by atoms with E-state index in [4.69, 9.17) is 16.3 Å². The van der Waals surface area contributed by atoms with E-state index in [1.165, 1.54) is 0 Å². The second-order valence-electron chi connectivity index (χ2n) is 10.7. The Labute approximate surface area is 232 Å². The quantitative estimate of drug-likeness (QED) is 0.273. The molecule has 1 aliphatic carbocycles. The van der Waals surface area contributed by atoms with E-state index >= 15 is 0 Å². The summed E-state index contributed by atoms with van der Waals surface area (Å²) in [5, 5.41) is 3.60. The molecule has 1 saturated carbocycles. The minimum atomic E-state index is -0.548. The Balaban J connectivity index is 1.93. The molecule has 0 radical (unpaired) electrons. The van der Waals surface area contributed by atoms with Crippen LogP contribution in [-0.4, -0.2) is 22.2 Å². The highest BCUT2D eigenvalue weighted by molar-refractivity contribution is 6.29. The van der Waals surface area contributed by atoms with E-state index in [0.29, 0.717) is 5.15 Å². The molecule has 38 heavy (non-hydrogen) atoms. The van der Waals surface area contributed by atoms with Crippen LogP contribution in [0, 0.1) is 6.92 Å².